The fourth-order valence-corrected chi connectivity index (χ4v) is 2.20. The number of aliphatic imine (C=N–C) groups is 1. The first-order chi connectivity index (χ1) is 8.67. The molecular weight excluding hydrogens is 351 g/mol. The van der Waals surface area contributed by atoms with Crippen LogP contribution in [0, 0.1) is 12.3 Å². The largest absolute Gasteiger partial charge is 0.357 e. The van der Waals surface area contributed by atoms with E-state index in [-0.39, 0.29) is 24.0 Å². The van der Waals surface area contributed by atoms with Crippen LogP contribution in [-0.4, -0.2) is 49.1 Å². The average molecular weight is 378 g/mol. The van der Waals surface area contributed by atoms with Crippen molar-refractivity contribution in [2.75, 3.05) is 26.2 Å². The summed E-state index contributed by atoms with van der Waals surface area (Å²) in [6.45, 7) is 10.2. The second-order valence-corrected chi connectivity index (χ2v) is 4.95. The summed E-state index contributed by atoms with van der Waals surface area (Å²) >= 11 is 0. The first kappa shape index (κ1) is 18.5. The number of hydrogen-bond donors (Lipinski definition) is 2. The SMILES string of the molecule is C#CCN=C(NCC)NC1CCN(C(C)C)CC1.I. The van der Waals surface area contributed by atoms with Gasteiger partial charge < -0.3 is 15.5 Å². The van der Waals surface area contributed by atoms with Crippen LogP contribution in [0.2, 0.25) is 0 Å². The molecule has 1 rings (SSSR count). The molecule has 0 saturated carbocycles. The smallest absolute Gasteiger partial charge is 0.192 e. The van der Waals surface area contributed by atoms with Gasteiger partial charge in [-0.2, -0.15) is 0 Å². The van der Waals surface area contributed by atoms with Crippen LogP contribution in [0.25, 0.3) is 0 Å². The van der Waals surface area contributed by atoms with E-state index in [0.29, 0.717) is 18.6 Å². The van der Waals surface area contributed by atoms with Crippen molar-refractivity contribution in [2.45, 2.75) is 45.7 Å². The molecule has 0 aromatic carbocycles. The maximum atomic E-state index is 5.24. The first-order valence-electron chi connectivity index (χ1n) is 6.89. The molecule has 1 saturated heterocycles. The molecule has 19 heavy (non-hydrogen) atoms. The molecule has 0 spiro atoms. The summed E-state index contributed by atoms with van der Waals surface area (Å²) in [5.74, 6) is 3.39. The van der Waals surface area contributed by atoms with Crippen LogP contribution in [0.3, 0.4) is 0 Å². The fourth-order valence-electron chi connectivity index (χ4n) is 2.20. The predicted molar refractivity (Wildman–Crippen MR) is 93.1 cm³/mol. The average Bonchev–Trinajstić information content (AvgIpc) is 2.37. The Bertz CT molecular complexity index is 301. The van der Waals surface area contributed by atoms with Gasteiger partial charge in [0.2, 0.25) is 0 Å². The lowest BCUT2D eigenvalue weighted by molar-refractivity contribution is 0.167. The summed E-state index contributed by atoms with van der Waals surface area (Å²) in [6.07, 6.45) is 7.57. The number of halogens is 1. The Balaban J connectivity index is 0.00000324. The highest BCUT2D eigenvalue weighted by molar-refractivity contribution is 14.0. The summed E-state index contributed by atoms with van der Waals surface area (Å²) in [6, 6.07) is 1.16. The van der Waals surface area contributed by atoms with Crippen LogP contribution in [0.1, 0.15) is 33.6 Å². The van der Waals surface area contributed by atoms with Gasteiger partial charge in [0.1, 0.15) is 6.54 Å². The molecule has 1 heterocycles. The van der Waals surface area contributed by atoms with Gasteiger partial charge in [-0.25, -0.2) is 4.99 Å². The first-order valence-corrected chi connectivity index (χ1v) is 6.89. The highest BCUT2D eigenvalue weighted by atomic mass is 127. The predicted octanol–water partition coefficient (Wildman–Crippen LogP) is 1.67. The maximum absolute atomic E-state index is 5.24. The van der Waals surface area contributed by atoms with E-state index in [1.807, 2.05) is 0 Å². The third-order valence-electron chi connectivity index (χ3n) is 3.27. The Morgan fingerprint density at radius 1 is 1.42 bits per heavy atom. The molecule has 0 amide bonds. The fraction of sp³-hybridized carbons (Fsp3) is 0.786. The van der Waals surface area contributed by atoms with Gasteiger partial charge in [0.25, 0.3) is 0 Å². The van der Waals surface area contributed by atoms with Gasteiger partial charge >= 0.3 is 0 Å². The lowest BCUT2D eigenvalue weighted by Gasteiger charge is -2.35. The molecule has 0 aromatic rings. The van der Waals surface area contributed by atoms with Crippen molar-refractivity contribution in [1.29, 1.82) is 0 Å². The standard InChI is InChI=1S/C14H26N4.HI/c1-5-9-16-14(15-6-2)17-13-7-10-18(11-8-13)12(3)4;/h1,12-13H,6-11H2,2-4H3,(H2,15,16,17);1H. The molecule has 5 heteroatoms. The Morgan fingerprint density at radius 2 is 2.05 bits per heavy atom. The number of guanidine groups is 1. The van der Waals surface area contributed by atoms with E-state index in [2.05, 4.69) is 47.2 Å². The second kappa shape index (κ2) is 10.3. The Morgan fingerprint density at radius 3 is 2.53 bits per heavy atom. The van der Waals surface area contributed by atoms with Gasteiger partial charge in [-0.1, -0.05) is 5.92 Å². The van der Waals surface area contributed by atoms with E-state index in [1.165, 1.54) is 12.8 Å². The third kappa shape index (κ3) is 7.02. The number of likely N-dealkylation sites (tertiary alicyclic amines) is 1. The number of hydrogen-bond acceptors (Lipinski definition) is 2. The topological polar surface area (TPSA) is 39.7 Å². The molecule has 0 atom stereocenters. The van der Waals surface area contributed by atoms with Crippen molar-refractivity contribution in [1.82, 2.24) is 15.5 Å². The third-order valence-corrected chi connectivity index (χ3v) is 3.27. The van der Waals surface area contributed by atoms with Crippen LogP contribution in [0.15, 0.2) is 4.99 Å². The summed E-state index contributed by atoms with van der Waals surface area (Å²) in [7, 11) is 0. The van der Waals surface area contributed by atoms with E-state index >= 15 is 0 Å². The lowest BCUT2D eigenvalue weighted by atomic mass is 10.0. The van der Waals surface area contributed by atoms with Crippen molar-refractivity contribution in [2.24, 2.45) is 4.99 Å². The number of terminal acetylenes is 1. The van der Waals surface area contributed by atoms with Crippen molar-refractivity contribution >= 4 is 29.9 Å². The molecule has 110 valence electrons. The molecule has 0 aliphatic carbocycles. The lowest BCUT2D eigenvalue weighted by Crippen LogP contribution is -2.49. The number of nitrogens with one attached hydrogen (secondary N) is 2. The van der Waals surface area contributed by atoms with E-state index in [1.54, 1.807) is 0 Å². The van der Waals surface area contributed by atoms with E-state index in [4.69, 9.17) is 6.42 Å². The van der Waals surface area contributed by atoms with Crippen LogP contribution >= 0.6 is 24.0 Å². The van der Waals surface area contributed by atoms with Gasteiger partial charge in [0.15, 0.2) is 5.96 Å². The zero-order chi connectivity index (χ0) is 13.4. The molecule has 1 aliphatic rings. The second-order valence-electron chi connectivity index (χ2n) is 4.95. The van der Waals surface area contributed by atoms with Crippen LogP contribution in [0.4, 0.5) is 0 Å². The normalized spacial score (nSPS) is 17.7. The van der Waals surface area contributed by atoms with Gasteiger partial charge in [-0.3, -0.25) is 0 Å². The van der Waals surface area contributed by atoms with Crippen LogP contribution in [-0.2, 0) is 0 Å². The zero-order valence-electron chi connectivity index (χ0n) is 12.3. The molecular formula is C14H27IN4. The van der Waals surface area contributed by atoms with Gasteiger partial charge in [-0.15, -0.1) is 30.4 Å². The highest BCUT2D eigenvalue weighted by Gasteiger charge is 2.21. The van der Waals surface area contributed by atoms with Gasteiger partial charge in [0, 0.05) is 31.7 Å². The highest BCUT2D eigenvalue weighted by Crippen LogP contribution is 2.12. The zero-order valence-corrected chi connectivity index (χ0v) is 14.6. The summed E-state index contributed by atoms with van der Waals surface area (Å²) in [4.78, 5) is 6.84. The quantitative estimate of drug-likeness (QED) is 0.338. The van der Waals surface area contributed by atoms with Crippen molar-refractivity contribution in [3.63, 3.8) is 0 Å². The minimum atomic E-state index is 0. The summed E-state index contributed by atoms with van der Waals surface area (Å²) in [5.41, 5.74) is 0. The molecule has 0 aromatic heterocycles. The van der Waals surface area contributed by atoms with E-state index < -0.39 is 0 Å². The minimum Gasteiger partial charge on any atom is -0.357 e. The molecule has 2 N–H and O–H groups in total. The van der Waals surface area contributed by atoms with E-state index in [0.717, 1.165) is 25.6 Å². The van der Waals surface area contributed by atoms with Gasteiger partial charge in [0.05, 0.1) is 0 Å². The number of piperidine rings is 1. The minimum absolute atomic E-state index is 0. The maximum Gasteiger partial charge on any atom is 0.192 e. The molecule has 0 radical (unpaired) electrons. The van der Waals surface area contributed by atoms with Crippen LogP contribution in [0.5, 0.6) is 0 Å². The van der Waals surface area contributed by atoms with Gasteiger partial charge in [-0.05, 0) is 33.6 Å². The number of nitrogens with zero attached hydrogens (tertiary/aromatic N) is 2. The molecule has 4 nitrogen and oxygen atoms in total. The number of rotatable bonds is 4. The monoisotopic (exact) mass is 378 g/mol. The van der Waals surface area contributed by atoms with Crippen LogP contribution < -0.4 is 10.6 Å². The Hall–Kier alpha value is -0.480. The Kier molecular flexibility index (Phi) is 10.1. The summed E-state index contributed by atoms with van der Waals surface area (Å²) < 4.78 is 0. The molecule has 1 fully saturated rings. The Labute approximate surface area is 134 Å². The molecule has 0 bridgehead atoms. The van der Waals surface area contributed by atoms with Crippen molar-refractivity contribution in [3.8, 4) is 12.3 Å². The summed E-state index contributed by atoms with van der Waals surface area (Å²) in [5, 5.41) is 6.70. The van der Waals surface area contributed by atoms with E-state index in [9.17, 15) is 0 Å². The molecule has 1 aliphatic heterocycles. The van der Waals surface area contributed by atoms with Crippen molar-refractivity contribution in [3.05, 3.63) is 0 Å². The molecule has 0 unspecified atom stereocenters. The van der Waals surface area contributed by atoms with Crippen molar-refractivity contribution < 1.29 is 0 Å².